The van der Waals surface area contributed by atoms with Crippen molar-refractivity contribution in [1.29, 1.82) is 0 Å². The molecule has 1 aromatic heterocycles. The van der Waals surface area contributed by atoms with Gasteiger partial charge in [0.1, 0.15) is 11.8 Å². The Hall–Kier alpha value is -2.44. The summed E-state index contributed by atoms with van der Waals surface area (Å²) in [4.78, 5) is 18.2. The van der Waals surface area contributed by atoms with Crippen molar-refractivity contribution >= 4 is 27.5 Å². The average molecular weight is 385 g/mol. The van der Waals surface area contributed by atoms with E-state index in [4.69, 9.17) is 4.74 Å². The Morgan fingerprint density at radius 2 is 1.93 bits per heavy atom. The van der Waals surface area contributed by atoms with Crippen LogP contribution >= 0.6 is 11.3 Å². The van der Waals surface area contributed by atoms with Gasteiger partial charge in [0, 0.05) is 12.8 Å². The van der Waals surface area contributed by atoms with E-state index in [1.165, 1.54) is 9.60 Å². The van der Waals surface area contributed by atoms with Crippen molar-refractivity contribution in [3.63, 3.8) is 0 Å². The largest absolute Gasteiger partial charge is 0.496 e. The number of aryl methyl sites for hydroxylation is 1. The lowest BCUT2D eigenvalue weighted by Crippen LogP contribution is -3.07. The average Bonchev–Trinajstić information content (AvgIpc) is 3.09. The number of nitrogens with zero attached hydrogens (tertiary/aromatic N) is 1. The number of hydrogen-bond acceptors (Lipinski definition) is 4. The highest BCUT2D eigenvalue weighted by atomic mass is 32.1. The van der Waals surface area contributed by atoms with Crippen LogP contribution in [0.25, 0.3) is 10.2 Å². The molecule has 3 aromatic rings. The van der Waals surface area contributed by atoms with Gasteiger partial charge >= 0.3 is 0 Å². The maximum Gasteiger partial charge on any atom is 0.220 e. The molecule has 5 nitrogen and oxygen atoms in total. The van der Waals surface area contributed by atoms with Crippen molar-refractivity contribution in [3.8, 4) is 5.75 Å². The van der Waals surface area contributed by atoms with Crippen LogP contribution in [-0.4, -0.2) is 38.6 Å². The predicted molar refractivity (Wildman–Crippen MR) is 109 cm³/mol. The fourth-order valence-electron chi connectivity index (χ4n) is 3.13. The molecule has 2 aromatic carbocycles. The molecular weight excluding hydrogens is 358 g/mol. The summed E-state index contributed by atoms with van der Waals surface area (Å²) >= 11 is 1.66. The van der Waals surface area contributed by atoms with Crippen LogP contribution in [0.4, 0.5) is 0 Å². The minimum atomic E-state index is 0.0513. The number of methoxy groups -OCH3 is 1. The zero-order valence-electron chi connectivity index (χ0n) is 16.0. The van der Waals surface area contributed by atoms with Crippen molar-refractivity contribution < 1.29 is 14.4 Å². The van der Waals surface area contributed by atoms with Gasteiger partial charge < -0.3 is 15.0 Å². The molecule has 6 heteroatoms. The molecule has 0 unspecified atom stereocenters. The quantitative estimate of drug-likeness (QED) is 0.626. The van der Waals surface area contributed by atoms with E-state index in [0.717, 1.165) is 21.8 Å². The van der Waals surface area contributed by atoms with Gasteiger partial charge in [0.25, 0.3) is 0 Å². The third-order valence-electron chi connectivity index (χ3n) is 4.62. The number of nitrogens with one attached hydrogen (secondary N) is 2. The van der Waals surface area contributed by atoms with E-state index < -0.39 is 0 Å². The Bertz CT molecular complexity index is 874. The number of benzene rings is 2. The predicted octanol–water partition coefficient (Wildman–Crippen LogP) is 2.24. The van der Waals surface area contributed by atoms with E-state index in [-0.39, 0.29) is 11.9 Å². The highest BCUT2D eigenvalue weighted by Gasteiger charge is 2.22. The molecule has 0 aliphatic heterocycles. The maximum absolute atomic E-state index is 12.4. The molecule has 0 fully saturated rings. The Kier molecular flexibility index (Phi) is 6.42. The summed E-state index contributed by atoms with van der Waals surface area (Å²) in [5.74, 6) is 0.905. The molecule has 142 valence electrons. The second-order valence-electron chi connectivity index (χ2n) is 6.75. The Balaban J connectivity index is 1.57. The first-order valence-electron chi connectivity index (χ1n) is 9.12. The molecule has 3 rings (SSSR count). The van der Waals surface area contributed by atoms with Crippen molar-refractivity contribution in [3.05, 3.63) is 59.1 Å². The van der Waals surface area contributed by atoms with E-state index in [0.29, 0.717) is 19.4 Å². The van der Waals surface area contributed by atoms with Crippen molar-refractivity contribution in [2.45, 2.75) is 18.9 Å². The van der Waals surface area contributed by atoms with E-state index in [9.17, 15) is 4.79 Å². The van der Waals surface area contributed by atoms with Crippen molar-refractivity contribution in [1.82, 2.24) is 10.3 Å². The fourth-order valence-corrected chi connectivity index (χ4v) is 4.10. The second kappa shape index (κ2) is 8.97. The van der Waals surface area contributed by atoms with E-state index >= 15 is 0 Å². The number of hydrogen-bond donors (Lipinski definition) is 2. The number of rotatable bonds is 8. The van der Waals surface area contributed by atoms with Crippen molar-refractivity contribution in [2.75, 3.05) is 27.7 Å². The first-order valence-corrected chi connectivity index (χ1v) is 9.94. The summed E-state index contributed by atoms with van der Waals surface area (Å²) in [5.41, 5.74) is 2.11. The van der Waals surface area contributed by atoms with Crippen LogP contribution < -0.4 is 15.0 Å². The molecule has 1 amide bonds. The number of quaternary nitrogens is 1. The molecule has 27 heavy (non-hydrogen) atoms. The highest BCUT2D eigenvalue weighted by Crippen LogP contribution is 2.23. The summed E-state index contributed by atoms with van der Waals surface area (Å²) in [6, 6.07) is 16.2. The molecule has 0 saturated carbocycles. The molecule has 0 saturated heterocycles. The number of ether oxygens (including phenoxy) is 1. The van der Waals surface area contributed by atoms with Gasteiger partial charge in [-0.3, -0.25) is 4.79 Å². The monoisotopic (exact) mass is 384 g/mol. The van der Waals surface area contributed by atoms with Gasteiger partial charge in [-0.1, -0.05) is 24.3 Å². The first kappa shape index (κ1) is 19.3. The minimum Gasteiger partial charge on any atom is -0.496 e. The lowest BCUT2D eigenvalue weighted by atomic mass is 10.0. The molecule has 1 atom stereocenters. The Morgan fingerprint density at radius 3 is 2.67 bits per heavy atom. The van der Waals surface area contributed by atoms with Gasteiger partial charge in [0.2, 0.25) is 5.91 Å². The van der Waals surface area contributed by atoms with Gasteiger partial charge in [-0.25, -0.2) is 4.98 Å². The lowest BCUT2D eigenvalue weighted by molar-refractivity contribution is -0.890. The van der Waals surface area contributed by atoms with Gasteiger partial charge in [-0.15, -0.1) is 11.3 Å². The molecular formula is C21H26N3O2S+. The number of amides is 1. The number of aromatic nitrogens is 1. The lowest BCUT2D eigenvalue weighted by Gasteiger charge is -2.23. The Morgan fingerprint density at radius 1 is 1.19 bits per heavy atom. The number of carbonyl (C=O) groups excluding carboxylic acids is 1. The smallest absolute Gasteiger partial charge is 0.220 e. The zero-order chi connectivity index (χ0) is 19.2. The second-order valence-corrected chi connectivity index (χ2v) is 7.87. The van der Waals surface area contributed by atoms with Crippen LogP contribution in [0.3, 0.4) is 0 Å². The van der Waals surface area contributed by atoms with Crippen LogP contribution in [-0.2, 0) is 11.2 Å². The molecule has 2 N–H and O–H groups in total. The minimum absolute atomic E-state index is 0.0513. The third kappa shape index (κ3) is 4.84. The van der Waals surface area contributed by atoms with Crippen LogP contribution in [0.1, 0.15) is 23.0 Å². The van der Waals surface area contributed by atoms with Crippen LogP contribution in [0.2, 0.25) is 0 Å². The van der Waals surface area contributed by atoms with Gasteiger partial charge in [0.05, 0.1) is 48.5 Å². The maximum atomic E-state index is 12.4. The molecule has 0 aliphatic carbocycles. The SMILES string of the molecule is COc1ccccc1[C@H](CNC(=O)CCc1nc2ccccc2s1)[NH+](C)C. The van der Waals surface area contributed by atoms with Crippen LogP contribution in [0.5, 0.6) is 5.75 Å². The molecule has 1 heterocycles. The zero-order valence-corrected chi connectivity index (χ0v) is 16.8. The standard InChI is InChI=1S/C21H25N3O2S/c1-24(2)17(15-8-4-6-10-18(15)26-3)14-22-20(25)12-13-21-23-16-9-5-7-11-19(16)27-21/h4-11,17H,12-14H2,1-3H3,(H,22,25)/p+1/t17-/m0/s1. The summed E-state index contributed by atoms with van der Waals surface area (Å²) in [5, 5.41) is 4.08. The molecule has 0 aliphatic rings. The first-order chi connectivity index (χ1) is 13.1. The van der Waals surface area contributed by atoms with Crippen LogP contribution in [0, 0.1) is 0 Å². The number of para-hydroxylation sites is 2. The molecule has 0 bridgehead atoms. The number of likely N-dealkylation sites (N-methyl/N-ethyl adjacent to an activating group) is 1. The van der Waals surface area contributed by atoms with Gasteiger partial charge in [-0.05, 0) is 24.3 Å². The summed E-state index contributed by atoms with van der Waals surface area (Å²) < 4.78 is 6.65. The Labute approximate surface area is 164 Å². The van der Waals surface area contributed by atoms with E-state index in [1.807, 2.05) is 36.4 Å². The van der Waals surface area contributed by atoms with Gasteiger partial charge in [0.15, 0.2) is 0 Å². The molecule has 0 radical (unpaired) electrons. The summed E-state index contributed by atoms with van der Waals surface area (Å²) in [7, 11) is 5.85. The number of carbonyl (C=O) groups is 1. The summed E-state index contributed by atoms with van der Waals surface area (Å²) in [6.45, 7) is 0.571. The summed E-state index contributed by atoms with van der Waals surface area (Å²) in [6.07, 6.45) is 1.11. The third-order valence-corrected chi connectivity index (χ3v) is 5.71. The fraction of sp³-hybridized carbons (Fsp3) is 0.333. The van der Waals surface area contributed by atoms with E-state index in [2.05, 4.69) is 36.5 Å². The number of thiazole rings is 1. The normalized spacial score (nSPS) is 12.3. The topological polar surface area (TPSA) is 55.7 Å². The van der Waals surface area contributed by atoms with Crippen molar-refractivity contribution in [2.24, 2.45) is 0 Å². The highest BCUT2D eigenvalue weighted by molar-refractivity contribution is 7.18. The number of fused-ring (bicyclic) bond motifs is 1. The van der Waals surface area contributed by atoms with Gasteiger partial charge in [-0.2, -0.15) is 0 Å². The van der Waals surface area contributed by atoms with E-state index in [1.54, 1.807) is 18.4 Å². The van der Waals surface area contributed by atoms with Crippen LogP contribution in [0.15, 0.2) is 48.5 Å². The molecule has 0 spiro atoms.